The Balaban J connectivity index is 3.03. The molecule has 5 heteroatoms. The van der Waals surface area contributed by atoms with E-state index in [0.717, 1.165) is 4.57 Å². The van der Waals surface area contributed by atoms with Crippen molar-refractivity contribution in [3.8, 4) is 12.3 Å². The maximum atomic E-state index is 12.1. The molecule has 18 heavy (non-hydrogen) atoms. The molecule has 0 bridgehead atoms. The summed E-state index contributed by atoms with van der Waals surface area (Å²) in [5.41, 5.74) is 5.94. The van der Waals surface area contributed by atoms with Gasteiger partial charge in [0.2, 0.25) is 0 Å². The summed E-state index contributed by atoms with van der Waals surface area (Å²) >= 11 is 0. The first-order valence-electron chi connectivity index (χ1n) is 5.56. The van der Waals surface area contributed by atoms with Gasteiger partial charge in [-0.05, 0) is 25.1 Å². The molecule has 0 unspecified atom stereocenters. The topological polar surface area (TPSA) is 70.0 Å². The summed E-state index contributed by atoms with van der Waals surface area (Å²) in [4.78, 5) is 24.2. The molecule has 0 amide bonds. The SMILES string of the molecule is C#CCn1c(=O)n(CC)c(=O)c2cc(N)ccc21. The highest BCUT2D eigenvalue weighted by atomic mass is 16.2. The van der Waals surface area contributed by atoms with Crippen molar-refractivity contribution in [2.75, 3.05) is 5.73 Å². The molecule has 1 aromatic carbocycles. The predicted molar refractivity (Wildman–Crippen MR) is 71.4 cm³/mol. The van der Waals surface area contributed by atoms with E-state index in [0.29, 0.717) is 23.1 Å². The van der Waals surface area contributed by atoms with Crippen LogP contribution < -0.4 is 17.0 Å². The van der Waals surface area contributed by atoms with Gasteiger partial charge in [-0.3, -0.25) is 13.9 Å². The highest BCUT2D eigenvalue weighted by Crippen LogP contribution is 2.12. The third-order valence-corrected chi connectivity index (χ3v) is 2.81. The molecule has 0 saturated heterocycles. The molecule has 0 saturated carbocycles. The van der Waals surface area contributed by atoms with Gasteiger partial charge in [0.05, 0.1) is 17.4 Å². The van der Waals surface area contributed by atoms with Crippen molar-refractivity contribution >= 4 is 16.6 Å². The molecular weight excluding hydrogens is 230 g/mol. The van der Waals surface area contributed by atoms with Gasteiger partial charge in [-0.1, -0.05) is 5.92 Å². The van der Waals surface area contributed by atoms with Gasteiger partial charge in [-0.25, -0.2) is 4.79 Å². The van der Waals surface area contributed by atoms with Crippen LogP contribution in [0.25, 0.3) is 10.9 Å². The fourth-order valence-electron chi connectivity index (χ4n) is 1.96. The zero-order valence-corrected chi connectivity index (χ0v) is 10.0. The molecule has 0 aliphatic heterocycles. The lowest BCUT2D eigenvalue weighted by Gasteiger charge is -2.11. The summed E-state index contributed by atoms with van der Waals surface area (Å²) in [6.45, 7) is 2.16. The maximum absolute atomic E-state index is 12.1. The molecule has 0 aliphatic rings. The molecule has 2 rings (SSSR count). The summed E-state index contributed by atoms with van der Waals surface area (Å²) < 4.78 is 2.55. The van der Waals surface area contributed by atoms with Gasteiger partial charge in [0.25, 0.3) is 5.56 Å². The number of nitrogens with two attached hydrogens (primary N) is 1. The standard InChI is InChI=1S/C13H13N3O2/c1-3-7-16-11-6-5-9(14)8-10(11)12(17)15(4-2)13(16)18/h1,5-6,8H,4,7,14H2,2H3. The van der Waals surface area contributed by atoms with Crippen LogP contribution in [0.4, 0.5) is 5.69 Å². The van der Waals surface area contributed by atoms with Crippen LogP contribution in [0.15, 0.2) is 27.8 Å². The Kier molecular flexibility index (Phi) is 2.94. The summed E-state index contributed by atoms with van der Waals surface area (Å²) in [7, 11) is 0. The number of aromatic nitrogens is 2. The molecule has 5 nitrogen and oxygen atoms in total. The molecule has 0 spiro atoms. The fraction of sp³-hybridized carbons (Fsp3) is 0.231. The number of nitrogen functional groups attached to an aromatic ring is 1. The van der Waals surface area contributed by atoms with Crippen molar-refractivity contribution in [3.63, 3.8) is 0 Å². The largest absolute Gasteiger partial charge is 0.399 e. The van der Waals surface area contributed by atoms with Crippen LogP contribution in [-0.4, -0.2) is 9.13 Å². The molecule has 0 aliphatic carbocycles. The first-order valence-corrected chi connectivity index (χ1v) is 5.56. The molecule has 0 radical (unpaired) electrons. The lowest BCUT2D eigenvalue weighted by atomic mass is 10.2. The molecule has 2 N–H and O–H groups in total. The van der Waals surface area contributed by atoms with E-state index in [-0.39, 0.29) is 12.1 Å². The third kappa shape index (κ3) is 1.68. The summed E-state index contributed by atoms with van der Waals surface area (Å²) in [5, 5.41) is 0.409. The number of nitrogens with zero attached hydrogens (tertiary/aromatic N) is 2. The predicted octanol–water partition coefficient (Wildman–Crippen LogP) is 0.398. The number of terminal acetylenes is 1. The second kappa shape index (κ2) is 4.41. The Bertz CT molecular complexity index is 763. The van der Waals surface area contributed by atoms with Crippen molar-refractivity contribution < 1.29 is 0 Å². The van der Waals surface area contributed by atoms with Crippen molar-refractivity contribution in [2.24, 2.45) is 0 Å². The van der Waals surface area contributed by atoms with E-state index in [9.17, 15) is 9.59 Å². The minimum atomic E-state index is -0.391. The number of fused-ring (bicyclic) bond motifs is 1. The molecule has 0 atom stereocenters. The van der Waals surface area contributed by atoms with Crippen molar-refractivity contribution in [1.82, 2.24) is 9.13 Å². The first kappa shape index (κ1) is 12.0. The van der Waals surface area contributed by atoms with Gasteiger partial charge in [-0.2, -0.15) is 0 Å². The number of hydrogen-bond donors (Lipinski definition) is 1. The van der Waals surface area contributed by atoms with Gasteiger partial charge in [0.1, 0.15) is 0 Å². The van der Waals surface area contributed by atoms with Crippen molar-refractivity contribution in [3.05, 3.63) is 39.0 Å². The lowest BCUT2D eigenvalue weighted by molar-refractivity contribution is 0.627. The van der Waals surface area contributed by atoms with Gasteiger partial charge >= 0.3 is 5.69 Å². The molecule has 0 fully saturated rings. The highest BCUT2D eigenvalue weighted by Gasteiger charge is 2.11. The number of hydrogen-bond acceptors (Lipinski definition) is 3. The smallest absolute Gasteiger partial charge is 0.332 e. The second-order valence-electron chi connectivity index (χ2n) is 3.90. The second-order valence-corrected chi connectivity index (χ2v) is 3.90. The van der Waals surface area contributed by atoms with Crippen LogP contribution in [0, 0.1) is 12.3 Å². The van der Waals surface area contributed by atoms with Crippen LogP contribution in [0.2, 0.25) is 0 Å². The van der Waals surface area contributed by atoms with E-state index in [4.69, 9.17) is 12.2 Å². The number of benzene rings is 1. The lowest BCUT2D eigenvalue weighted by Crippen LogP contribution is -2.39. The Morgan fingerprint density at radius 3 is 2.67 bits per heavy atom. The minimum absolute atomic E-state index is 0.125. The zero-order chi connectivity index (χ0) is 13.3. The van der Waals surface area contributed by atoms with Crippen molar-refractivity contribution in [1.29, 1.82) is 0 Å². The molecule has 92 valence electrons. The normalized spacial score (nSPS) is 10.4. The Hall–Kier alpha value is -2.48. The maximum Gasteiger partial charge on any atom is 0.332 e. The summed E-state index contributed by atoms with van der Waals surface area (Å²) in [6, 6.07) is 4.85. The third-order valence-electron chi connectivity index (χ3n) is 2.81. The van der Waals surface area contributed by atoms with Gasteiger partial charge < -0.3 is 5.73 Å². The van der Waals surface area contributed by atoms with Gasteiger partial charge in [-0.15, -0.1) is 6.42 Å². The first-order chi connectivity index (χ1) is 8.60. The monoisotopic (exact) mass is 243 g/mol. The van der Waals surface area contributed by atoms with E-state index in [1.807, 2.05) is 0 Å². The van der Waals surface area contributed by atoms with Crippen molar-refractivity contribution in [2.45, 2.75) is 20.0 Å². The summed E-state index contributed by atoms with van der Waals surface area (Å²) in [6.07, 6.45) is 5.26. The fourth-order valence-corrected chi connectivity index (χ4v) is 1.96. The zero-order valence-electron chi connectivity index (χ0n) is 10.0. The number of rotatable bonds is 2. The van der Waals surface area contributed by atoms with Crippen LogP contribution in [0.3, 0.4) is 0 Å². The highest BCUT2D eigenvalue weighted by molar-refractivity contribution is 5.81. The van der Waals surface area contributed by atoms with Crippen LogP contribution in [0.1, 0.15) is 6.92 Å². The van der Waals surface area contributed by atoms with E-state index >= 15 is 0 Å². The average Bonchev–Trinajstić information content (AvgIpc) is 2.35. The number of anilines is 1. The van der Waals surface area contributed by atoms with Crippen LogP contribution in [0.5, 0.6) is 0 Å². The Morgan fingerprint density at radius 1 is 1.33 bits per heavy atom. The van der Waals surface area contributed by atoms with E-state index < -0.39 is 5.69 Å². The molecule has 1 aromatic heterocycles. The summed E-state index contributed by atoms with van der Waals surface area (Å²) in [5.74, 6) is 2.42. The Labute approximate surface area is 103 Å². The van der Waals surface area contributed by atoms with E-state index in [2.05, 4.69) is 5.92 Å². The van der Waals surface area contributed by atoms with E-state index in [1.165, 1.54) is 4.57 Å². The molecular formula is C13H13N3O2. The van der Waals surface area contributed by atoms with Crippen LogP contribution in [-0.2, 0) is 13.1 Å². The van der Waals surface area contributed by atoms with Gasteiger partial charge in [0, 0.05) is 12.2 Å². The Morgan fingerprint density at radius 2 is 2.06 bits per heavy atom. The molecule has 1 heterocycles. The minimum Gasteiger partial charge on any atom is -0.399 e. The van der Waals surface area contributed by atoms with Crippen LogP contribution >= 0.6 is 0 Å². The molecule has 2 aromatic rings. The van der Waals surface area contributed by atoms with E-state index in [1.54, 1.807) is 25.1 Å². The van der Waals surface area contributed by atoms with Gasteiger partial charge in [0.15, 0.2) is 0 Å². The average molecular weight is 243 g/mol. The quantitative estimate of drug-likeness (QED) is 0.613.